The molecule has 8 nitrogen and oxygen atoms in total. The lowest BCUT2D eigenvalue weighted by atomic mass is 10.0. The van der Waals surface area contributed by atoms with Crippen LogP contribution in [0.4, 0.5) is 9.59 Å². The van der Waals surface area contributed by atoms with E-state index in [1.165, 1.54) is 7.11 Å². The van der Waals surface area contributed by atoms with E-state index < -0.39 is 6.03 Å². The second-order valence-electron chi connectivity index (χ2n) is 6.21. The van der Waals surface area contributed by atoms with Crippen LogP contribution >= 0.6 is 0 Å². The van der Waals surface area contributed by atoms with Gasteiger partial charge in [-0.05, 0) is 31.6 Å². The maximum absolute atomic E-state index is 11.9. The molecular weight excluding hydrogens is 302 g/mol. The molecule has 0 spiro atoms. The number of urea groups is 1. The van der Waals surface area contributed by atoms with Crippen molar-refractivity contribution in [3.63, 3.8) is 0 Å². The molecule has 3 N–H and O–H groups in total. The van der Waals surface area contributed by atoms with E-state index in [0.29, 0.717) is 19.0 Å². The average Bonchev–Trinajstić information content (AvgIpc) is 3.09. The summed E-state index contributed by atoms with van der Waals surface area (Å²) in [6, 6.07) is -0.580. The molecule has 23 heavy (non-hydrogen) atoms. The van der Waals surface area contributed by atoms with Crippen LogP contribution in [0.3, 0.4) is 0 Å². The van der Waals surface area contributed by atoms with Crippen LogP contribution in [0.25, 0.3) is 0 Å². The van der Waals surface area contributed by atoms with Crippen molar-refractivity contribution in [1.29, 1.82) is 0 Å². The topological polar surface area (TPSA) is 100 Å². The minimum Gasteiger partial charge on any atom is -0.453 e. The smallest absolute Gasteiger partial charge is 0.409 e. The molecule has 0 aromatic rings. The number of nitrogens with zero attached hydrogens (tertiary/aromatic N) is 1. The van der Waals surface area contributed by atoms with Crippen molar-refractivity contribution in [2.24, 2.45) is 5.92 Å². The Kier molecular flexibility index (Phi) is 6.91. The third kappa shape index (κ3) is 5.24. The van der Waals surface area contributed by atoms with Gasteiger partial charge < -0.3 is 20.1 Å². The van der Waals surface area contributed by atoms with Crippen LogP contribution in [0.15, 0.2) is 0 Å². The molecule has 0 aromatic heterocycles. The highest BCUT2D eigenvalue weighted by molar-refractivity contribution is 5.73. The Balaban J connectivity index is 1.72. The number of ether oxygens (including phenoxy) is 1. The van der Waals surface area contributed by atoms with Gasteiger partial charge in [0.2, 0.25) is 0 Å². The van der Waals surface area contributed by atoms with Crippen molar-refractivity contribution in [3.8, 4) is 0 Å². The van der Waals surface area contributed by atoms with Crippen LogP contribution in [-0.4, -0.2) is 61.1 Å². The number of piperidine rings is 1. The zero-order valence-electron chi connectivity index (χ0n) is 13.6. The third-order valence-electron chi connectivity index (χ3n) is 4.60. The average molecular weight is 329 g/mol. The Labute approximate surface area is 136 Å². The predicted molar refractivity (Wildman–Crippen MR) is 82.6 cm³/mol. The Morgan fingerprint density at radius 2 is 2.00 bits per heavy atom. The lowest BCUT2D eigenvalue weighted by molar-refractivity contribution is -0.0617. The summed E-state index contributed by atoms with van der Waals surface area (Å²) in [6.45, 7) is 0.952. The van der Waals surface area contributed by atoms with Crippen LogP contribution < -0.4 is 10.8 Å². The molecule has 2 rings (SSSR count). The van der Waals surface area contributed by atoms with Gasteiger partial charge in [-0.1, -0.05) is 12.8 Å². The summed E-state index contributed by atoms with van der Waals surface area (Å²) in [4.78, 5) is 30.4. The normalized spacial score (nSPS) is 23.4. The van der Waals surface area contributed by atoms with E-state index in [0.717, 1.165) is 38.5 Å². The maximum Gasteiger partial charge on any atom is 0.409 e. The van der Waals surface area contributed by atoms with Crippen LogP contribution in [0.5, 0.6) is 0 Å². The molecule has 2 unspecified atom stereocenters. The first kappa shape index (κ1) is 17.8. The molecule has 132 valence electrons. The lowest BCUT2D eigenvalue weighted by Crippen LogP contribution is -2.52. The van der Waals surface area contributed by atoms with Crippen molar-refractivity contribution >= 4 is 12.1 Å². The molecule has 1 saturated heterocycles. The Morgan fingerprint density at radius 3 is 2.65 bits per heavy atom. The van der Waals surface area contributed by atoms with Crippen molar-refractivity contribution < 1.29 is 24.3 Å². The van der Waals surface area contributed by atoms with Gasteiger partial charge in [0.15, 0.2) is 0 Å². The van der Waals surface area contributed by atoms with Crippen molar-refractivity contribution in [3.05, 3.63) is 0 Å². The summed E-state index contributed by atoms with van der Waals surface area (Å²) >= 11 is 0. The van der Waals surface area contributed by atoms with Gasteiger partial charge in [0.1, 0.15) is 6.10 Å². The number of aliphatic hydroxyl groups excluding tert-OH is 1. The molecule has 0 aromatic carbocycles. The molecular formula is C15H27N3O5. The predicted octanol–water partition coefficient (Wildman–Crippen LogP) is 0.999. The van der Waals surface area contributed by atoms with Gasteiger partial charge in [-0.3, -0.25) is 4.84 Å². The van der Waals surface area contributed by atoms with Crippen LogP contribution in [0, 0.1) is 5.92 Å². The zero-order chi connectivity index (χ0) is 16.7. The minimum absolute atomic E-state index is 0.107. The molecule has 8 heteroatoms. The maximum atomic E-state index is 11.9. The summed E-state index contributed by atoms with van der Waals surface area (Å²) in [5.41, 5.74) is 2.37. The van der Waals surface area contributed by atoms with Crippen LogP contribution in [0.2, 0.25) is 0 Å². The number of carbonyl (C=O) groups excluding carboxylic acids is 2. The molecule has 0 radical (unpaired) electrons. The fraction of sp³-hybridized carbons (Fsp3) is 0.867. The van der Waals surface area contributed by atoms with Gasteiger partial charge >= 0.3 is 12.1 Å². The highest BCUT2D eigenvalue weighted by atomic mass is 16.7. The standard InChI is InChI=1S/C15H27N3O5/c1-22-15(21)18-8-4-7-12(9-18)16-14(20)17-23-13(10-19)11-5-2-3-6-11/h11-13,19H,2-10H2,1H3,(H2,16,17,20). The van der Waals surface area contributed by atoms with E-state index in [4.69, 9.17) is 9.57 Å². The first-order valence-corrected chi connectivity index (χ1v) is 8.30. The summed E-state index contributed by atoms with van der Waals surface area (Å²) in [5.74, 6) is 0.296. The second kappa shape index (κ2) is 8.93. The molecule has 3 amide bonds. The first-order valence-electron chi connectivity index (χ1n) is 8.30. The fourth-order valence-electron chi connectivity index (χ4n) is 3.35. The molecule has 0 bridgehead atoms. The number of rotatable bonds is 5. The monoisotopic (exact) mass is 329 g/mol. The molecule has 1 heterocycles. The Hall–Kier alpha value is -1.54. The van der Waals surface area contributed by atoms with Crippen molar-refractivity contribution in [1.82, 2.24) is 15.7 Å². The van der Waals surface area contributed by atoms with Gasteiger partial charge in [0, 0.05) is 19.1 Å². The van der Waals surface area contributed by atoms with Gasteiger partial charge in [-0.25, -0.2) is 15.1 Å². The van der Waals surface area contributed by atoms with E-state index in [2.05, 4.69) is 10.8 Å². The quantitative estimate of drug-likeness (QED) is 0.653. The number of hydrogen-bond acceptors (Lipinski definition) is 5. The van der Waals surface area contributed by atoms with E-state index >= 15 is 0 Å². The molecule has 1 aliphatic heterocycles. The zero-order valence-corrected chi connectivity index (χ0v) is 13.6. The van der Waals surface area contributed by atoms with Gasteiger partial charge in [-0.15, -0.1) is 0 Å². The van der Waals surface area contributed by atoms with E-state index in [9.17, 15) is 14.7 Å². The van der Waals surface area contributed by atoms with E-state index in [1.807, 2.05) is 0 Å². The minimum atomic E-state index is -0.446. The highest BCUT2D eigenvalue weighted by Gasteiger charge is 2.28. The molecule has 2 fully saturated rings. The number of hydroxylamine groups is 1. The fourth-order valence-corrected chi connectivity index (χ4v) is 3.35. The van der Waals surface area contributed by atoms with Crippen LogP contribution in [0.1, 0.15) is 38.5 Å². The number of aliphatic hydroxyl groups is 1. The van der Waals surface area contributed by atoms with Gasteiger partial charge in [-0.2, -0.15) is 0 Å². The summed E-state index contributed by atoms with van der Waals surface area (Å²) in [6.07, 6.45) is 5.19. The van der Waals surface area contributed by atoms with E-state index in [1.54, 1.807) is 4.90 Å². The number of amides is 3. The summed E-state index contributed by atoms with van der Waals surface area (Å²) in [5, 5.41) is 12.2. The first-order chi connectivity index (χ1) is 11.1. The van der Waals surface area contributed by atoms with Gasteiger partial charge in [0.05, 0.1) is 13.7 Å². The van der Waals surface area contributed by atoms with Crippen molar-refractivity contribution in [2.75, 3.05) is 26.8 Å². The Morgan fingerprint density at radius 1 is 1.26 bits per heavy atom. The molecule has 1 saturated carbocycles. The number of methoxy groups -OCH3 is 1. The summed E-state index contributed by atoms with van der Waals surface area (Å²) in [7, 11) is 1.35. The second-order valence-corrected chi connectivity index (χ2v) is 6.21. The highest BCUT2D eigenvalue weighted by Crippen LogP contribution is 2.28. The largest absolute Gasteiger partial charge is 0.453 e. The van der Waals surface area contributed by atoms with Gasteiger partial charge in [0.25, 0.3) is 0 Å². The van der Waals surface area contributed by atoms with Crippen LogP contribution in [-0.2, 0) is 9.57 Å². The number of nitrogens with one attached hydrogen (secondary N) is 2. The number of likely N-dealkylation sites (tertiary alicyclic amines) is 1. The molecule has 2 atom stereocenters. The third-order valence-corrected chi connectivity index (χ3v) is 4.60. The van der Waals surface area contributed by atoms with E-state index in [-0.39, 0.29) is 24.8 Å². The number of carbonyl (C=O) groups is 2. The number of hydrogen-bond donors (Lipinski definition) is 3. The SMILES string of the molecule is COC(=O)N1CCCC(NC(=O)NOC(CO)C2CCCC2)C1. The van der Waals surface area contributed by atoms with Crippen molar-refractivity contribution in [2.45, 2.75) is 50.7 Å². The molecule has 1 aliphatic carbocycles. The Bertz CT molecular complexity index is 401. The lowest BCUT2D eigenvalue weighted by Gasteiger charge is -2.32. The summed E-state index contributed by atoms with van der Waals surface area (Å²) < 4.78 is 4.70. The molecule has 2 aliphatic rings.